The van der Waals surface area contributed by atoms with Crippen molar-refractivity contribution in [3.05, 3.63) is 83.0 Å². The molecular formula is C25H24Cl2N6O3. The number of halogens is 2. The maximum atomic E-state index is 6.52. The van der Waals surface area contributed by atoms with Crippen LogP contribution in [0, 0.1) is 0 Å². The number of hydrogen-bond donors (Lipinski definition) is 1. The van der Waals surface area contributed by atoms with Gasteiger partial charge in [-0.2, -0.15) is 5.10 Å². The van der Waals surface area contributed by atoms with Gasteiger partial charge in [-0.25, -0.2) is 19.6 Å². The van der Waals surface area contributed by atoms with Crippen LogP contribution >= 0.6 is 23.2 Å². The molecule has 3 heterocycles. The summed E-state index contributed by atoms with van der Waals surface area (Å²) in [7, 11) is 0. The van der Waals surface area contributed by atoms with Crippen LogP contribution < -0.4 is 10.1 Å². The number of anilines is 1. The van der Waals surface area contributed by atoms with Crippen LogP contribution in [0.2, 0.25) is 10.0 Å². The largest absolute Gasteiger partial charge is 0.491 e. The van der Waals surface area contributed by atoms with Crippen molar-refractivity contribution in [2.75, 3.05) is 25.1 Å². The first kappa shape index (κ1) is 24.5. The lowest BCUT2D eigenvalue weighted by atomic mass is 10.1. The Morgan fingerprint density at radius 2 is 2.03 bits per heavy atom. The topological polar surface area (TPSA) is 96.2 Å². The first-order valence-corrected chi connectivity index (χ1v) is 12.2. The molecule has 1 saturated heterocycles. The fourth-order valence-electron chi connectivity index (χ4n) is 3.96. The Morgan fingerprint density at radius 1 is 1.17 bits per heavy atom. The van der Waals surface area contributed by atoms with Crippen molar-refractivity contribution in [2.24, 2.45) is 0 Å². The highest BCUT2D eigenvalue weighted by atomic mass is 35.5. The number of nitrogens with zero attached hydrogens (tertiary/aromatic N) is 5. The molecule has 4 aromatic rings. The quantitative estimate of drug-likeness (QED) is 0.331. The second-order valence-corrected chi connectivity index (χ2v) is 9.00. The van der Waals surface area contributed by atoms with Gasteiger partial charge in [0.05, 0.1) is 17.3 Å². The minimum absolute atomic E-state index is 0.271. The molecule has 2 aromatic heterocycles. The number of nitrogens with one attached hydrogen (secondary N) is 1. The van der Waals surface area contributed by atoms with Crippen LogP contribution in [0.25, 0.3) is 11.3 Å². The minimum Gasteiger partial charge on any atom is -0.491 e. The van der Waals surface area contributed by atoms with E-state index in [4.69, 9.17) is 37.4 Å². The van der Waals surface area contributed by atoms with Crippen LogP contribution in [-0.2, 0) is 21.8 Å². The van der Waals surface area contributed by atoms with Gasteiger partial charge in [0, 0.05) is 28.9 Å². The first-order chi connectivity index (χ1) is 17.5. The normalized spacial score (nSPS) is 19.4. The average molecular weight is 527 g/mol. The number of benzene rings is 2. The zero-order valence-electron chi connectivity index (χ0n) is 19.5. The predicted molar refractivity (Wildman–Crippen MR) is 136 cm³/mol. The molecule has 1 aliphatic rings. The first-order valence-electron chi connectivity index (χ1n) is 11.4. The summed E-state index contributed by atoms with van der Waals surface area (Å²) in [6.07, 6.45) is 4.46. The number of hydrogen-bond acceptors (Lipinski definition) is 8. The highest BCUT2D eigenvalue weighted by Gasteiger charge is 2.45. The molecule has 9 nitrogen and oxygen atoms in total. The molecule has 0 bridgehead atoms. The lowest BCUT2D eigenvalue weighted by Gasteiger charge is -2.29. The van der Waals surface area contributed by atoms with Crippen LogP contribution in [-0.4, -0.2) is 50.6 Å². The zero-order valence-corrected chi connectivity index (χ0v) is 21.0. The van der Waals surface area contributed by atoms with E-state index < -0.39 is 5.79 Å². The van der Waals surface area contributed by atoms with E-state index in [2.05, 4.69) is 25.4 Å². The summed E-state index contributed by atoms with van der Waals surface area (Å²) >= 11 is 12.6. The van der Waals surface area contributed by atoms with Crippen molar-refractivity contribution in [3.8, 4) is 17.0 Å². The fraction of sp³-hybridized carbons (Fsp3) is 0.280. The van der Waals surface area contributed by atoms with Gasteiger partial charge in [-0.15, -0.1) is 0 Å². The second-order valence-electron chi connectivity index (χ2n) is 8.15. The highest BCUT2D eigenvalue weighted by molar-refractivity contribution is 6.35. The average Bonchev–Trinajstić information content (AvgIpc) is 3.54. The second kappa shape index (κ2) is 10.8. The van der Waals surface area contributed by atoms with Crippen molar-refractivity contribution in [3.63, 3.8) is 0 Å². The molecule has 2 aromatic carbocycles. The van der Waals surface area contributed by atoms with E-state index in [1.807, 2.05) is 37.3 Å². The Balaban J connectivity index is 1.27. The Bertz CT molecular complexity index is 1310. The van der Waals surface area contributed by atoms with E-state index in [0.717, 1.165) is 17.8 Å². The Kier molecular flexibility index (Phi) is 7.33. The number of rotatable bonds is 9. The molecule has 186 valence electrons. The molecule has 0 unspecified atom stereocenters. The lowest BCUT2D eigenvalue weighted by Crippen LogP contribution is -2.35. The van der Waals surface area contributed by atoms with Gasteiger partial charge in [0.25, 0.3) is 0 Å². The van der Waals surface area contributed by atoms with Gasteiger partial charge in [0.1, 0.15) is 37.7 Å². The molecule has 2 atom stereocenters. The van der Waals surface area contributed by atoms with Gasteiger partial charge in [-0.1, -0.05) is 29.3 Å². The molecule has 5 rings (SSSR count). The van der Waals surface area contributed by atoms with Crippen molar-refractivity contribution < 1.29 is 14.2 Å². The molecule has 1 fully saturated rings. The van der Waals surface area contributed by atoms with Gasteiger partial charge in [-0.3, -0.25) is 0 Å². The highest BCUT2D eigenvalue weighted by Crippen LogP contribution is 2.40. The lowest BCUT2D eigenvalue weighted by molar-refractivity contribution is -0.190. The van der Waals surface area contributed by atoms with E-state index in [-0.39, 0.29) is 12.6 Å². The fourth-order valence-corrected chi connectivity index (χ4v) is 4.51. The number of aromatic nitrogens is 5. The van der Waals surface area contributed by atoms with E-state index in [1.165, 1.54) is 6.33 Å². The Morgan fingerprint density at radius 3 is 2.78 bits per heavy atom. The van der Waals surface area contributed by atoms with Crippen molar-refractivity contribution in [1.29, 1.82) is 0 Å². The van der Waals surface area contributed by atoms with Crippen LogP contribution in [0.4, 0.5) is 5.95 Å². The molecule has 0 amide bonds. The predicted octanol–water partition coefficient (Wildman–Crippen LogP) is 4.82. The maximum Gasteiger partial charge on any atom is 0.223 e. The molecule has 1 N–H and O–H groups in total. The van der Waals surface area contributed by atoms with Crippen molar-refractivity contribution in [1.82, 2.24) is 24.7 Å². The van der Waals surface area contributed by atoms with Gasteiger partial charge in [0.15, 0.2) is 0 Å². The third-order valence-electron chi connectivity index (χ3n) is 5.61. The summed E-state index contributed by atoms with van der Waals surface area (Å²) in [5.74, 6) is 0.162. The van der Waals surface area contributed by atoms with Gasteiger partial charge in [-0.05, 0) is 49.4 Å². The van der Waals surface area contributed by atoms with Crippen molar-refractivity contribution >= 4 is 29.2 Å². The van der Waals surface area contributed by atoms with Gasteiger partial charge >= 0.3 is 0 Å². The van der Waals surface area contributed by atoms with E-state index >= 15 is 0 Å². The summed E-state index contributed by atoms with van der Waals surface area (Å²) in [5.41, 5.74) is 2.46. The van der Waals surface area contributed by atoms with Gasteiger partial charge < -0.3 is 19.5 Å². The van der Waals surface area contributed by atoms with E-state index in [0.29, 0.717) is 40.5 Å². The Labute approximate surface area is 218 Å². The summed E-state index contributed by atoms with van der Waals surface area (Å²) in [6, 6.07) is 14.8. The Hall–Kier alpha value is -3.24. The summed E-state index contributed by atoms with van der Waals surface area (Å²) in [5, 5.41) is 8.29. The molecule has 11 heteroatoms. The van der Waals surface area contributed by atoms with Crippen LogP contribution in [0.15, 0.2) is 67.4 Å². The number of ether oxygens (including phenoxy) is 3. The minimum atomic E-state index is -1.15. The summed E-state index contributed by atoms with van der Waals surface area (Å²) in [4.78, 5) is 12.8. The van der Waals surface area contributed by atoms with Crippen LogP contribution in [0.1, 0.15) is 12.5 Å². The van der Waals surface area contributed by atoms with E-state index in [1.54, 1.807) is 35.4 Å². The van der Waals surface area contributed by atoms with Gasteiger partial charge in [0.2, 0.25) is 11.7 Å². The summed E-state index contributed by atoms with van der Waals surface area (Å²) < 4.78 is 20.2. The molecule has 1 aliphatic heterocycles. The smallest absolute Gasteiger partial charge is 0.223 e. The van der Waals surface area contributed by atoms with Crippen LogP contribution in [0.5, 0.6) is 5.75 Å². The van der Waals surface area contributed by atoms with Crippen molar-refractivity contribution in [2.45, 2.75) is 25.4 Å². The molecule has 0 aliphatic carbocycles. The molecule has 0 saturated carbocycles. The third-order valence-corrected chi connectivity index (χ3v) is 6.16. The molecule has 0 radical (unpaired) electrons. The molecule has 36 heavy (non-hydrogen) atoms. The van der Waals surface area contributed by atoms with Crippen LogP contribution in [0.3, 0.4) is 0 Å². The standard InChI is InChI=1S/C25H24Cl2N6O3/c1-2-29-24-30-10-9-23(32-24)17-3-6-19(7-4-17)34-12-20-13-35-25(36-20,14-33-16-28-15-31-33)21-8-5-18(26)11-22(21)27/h3-11,15-16,20H,2,12-14H2,1H3,(H,29,30,32)/t20-,25-/m1/s1. The monoisotopic (exact) mass is 526 g/mol. The molecule has 0 spiro atoms. The van der Waals surface area contributed by atoms with E-state index in [9.17, 15) is 0 Å². The summed E-state index contributed by atoms with van der Waals surface area (Å²) in [6.45, 7) is 3.65. The third kappa shape index (κ3) is 5.44. The maximum absolute atomic E-state index is 6.52. The zero-order chi connectivity index (χ0) is 25.0. The molecular weight excluding hydrogens is 503 g/mol. The SMILES string of the molecule is CCNc1nccc(-c2ccc(OC[C@@H]3CO[C@@](Cn4cncn4)(c4ccc(Cl)cc4Cl)O3)cc2)n1.